The van der Waals surface area contributed by atoms with Crippen molar-refractivity contribution < 1.29 is 17.9 Å². The first-order valence-corrected chi connectivity index (χ1v) is 5.75. The molecule has 17 heavy (non-hydrogen) atoms. The van der Waals surface area contributed by atoms with Crippen LogP contribution in [0.2, 0.25) is 0 Å². The van der Waals surface area contributed by atoms with Gasteiger partial charge in [0, 0.05) is 31.2 Å². The Morgan fingerprint density at radius 2 is 2.29 bits per heavy atom. The predicted molar refractivity (Wildman–Crippen MR) is 55.9 cm³/mol. The van der Waals surface area contributed by atoms with E-state index in [9.17, 15) is 13.2 Å². The van der Waals surface area contributed by atoms with Crippen molar-refractivity contribution in [2.24, 2.45) is 5.73 Å². The van der Waals surface area contributed by atoms with Gasteiger partial charge in [-0.15, -0.1) is 0 Å². The maximum Gasteiger partial charge on any atom is 0.452 e. The van der Waals surface area contributed by atoms with Crippen molar-refractivity contribution in [1.29, 1.82) is 0 Å². The monoisotopic (exact) mass is 268 g/mol. The van der Waals surface area contributed by atoms with Crippen LogP contribution < -0.4 is 10.6 Å². The van der Waals surface area contributed by atoms with Crippen molar-refractivity contribution >= 4 is 16.7 Å². The number of morpholine rings is 1. The first kappa shape index (κ1) is 12.5. The van der Waals surface area contributed by atoms with E-state index >= 15 is 0 Å². The highest BCUT2D eigenvalue weighted by atomic mass is 32.1. The summed E-state index contributed by atoms with van der Waals surface area (Å²) in [6.45, 7) is 1.72. The Hall–Kier alpha value is -0.930. The molecule has 0 amide bonds. The minimum absolute atomic E-state index is 0.165. The minimum Gasteiger partial charge on any atom is -0.373 e. The number of alkyl halides is 3. The number of hydrogen-bond acceptors (Lipinski definition) is 6. The third-order valence-corrected chi connectivity index (χ3v) is 3.12. The average molecular weight is 268 g/mol. The van der Waals surface area contributed by atoms with Crippen LogP contribution in [0.25, 0.3) is 0 Å². The first-order valence-electron chi connectivity index (χ1n) is 4.98. The van der Waals surface area contributed by atoms with Crippen LogP contribution >= 0.6 is 11.5 Å². The molecule has 2 N–H and O–H groups in total. The van der Waals surface area contributed by atoms with Crippen LogP contribution in [0.1, 0.15) is 5.82 Å². The van der Waals surface area contributed by atoms with Crippen molar-refractivity contribution in [2.45, 2.75) is 12.3 Å². The van der Waals surface area contributed by atoms with Gasteiger partial charge in [0.15, 0.2) is 0 Å². The molecule has 9 heteroatoms. The summed E-state index contributed by atoms with van der Waals surface area (Å²) in [5, 5.41) is 0.263. The molecule has 1 saturated heterocycles. The van der Waals surface area contributed by atoms with Gasteiger partial charge in [0.1, 0.15) is 0 Å². The number of nitrogens with zero attached hydrogens (tertiary/aromatic N) is 3. The second-order valence-electron chi connectivity index (χ2n) is 3.57. The molecule has 1 aromatic heterocycles. The SMILES string of the molecule is NCC1CN(c2nc(C(F)(F)F)ns2)CCO1. The molecule has 96 valence electrons. The average Bonchev–Trinajstić information content (AvgIpc) is 2.78. The number of anilines is 1. The molecule has 0 aromatic carbocycles. The Kier molecular flexibility index (Phi) is 3.50. The fourth-order valence-corrected chi connectivity index (χ4v) is 2.22. The molecule has 1 aliphatic rings. The summed E-state index contributed by atoms with van der Waals surface area (Å²) in [5.41, 5.74) is 5.45. The Balaban J connectivity index is 2.09. The lowest BCUT2D eigenvalue weighted by Gasteiger charge is -2.31. The molecule has 0 bridgehead atoms. The predicted octanol–water partition coefficient (Wildman–Crippen LogP) is 0.721. The van der Waals surface area contributed by atoms with Crippen LogP contribution in [0.4, 0.5) is 18.3 Å². The Labute approximate surface area is 99.5 Å². The lowest BCUT2D eigenvalue weighted by Crippen LogP contribution is -2.45. The van der Waals surface area contributed by atoms with Gasteiger partial charge in [-0.3, -0.25) is 0 Å². The molecule has 2 rings (SSSR count). The summed E-state index contributed by atoms with van der Waals surface area (Å²) < 4.78 is 45.6. The fourth-order valence-electron chi connectivity index (χ4n) is 1.49. The van der Waals surface area contributed by atoms with Gasteiger partial charge >= 0.3 is 6.18 Å². The van der Waals surface area contributed by atoms with E-state index in [2.05, 4.69) is 9.36 Å². The first-order chi connectivity index (χ1) is 8.00. The van der Waals surface area contributed by atoms with Crippen molar-refractivity contribution in [2.75, 3.05) is 31.1 Å². The molecule has 0 saturated carbocycles. The summed E-state index contributed by atoms with van der Waals surface area (Å²) in [6, 6.07) is 0. The summed E-state index contributed by atoms with van der Waals surface area (Å²) in [7, 11) is 0. The van der Waals surface area contributed by atoms with Gasteiger partial charge in [-0.05, 0) is 0 Å². The molecule has 0 radical (unpaired) electrons. The van der Waals surface area contributed by atoms with E-state index in [1.807, 2.05) is 0 Å². The third-order valence-electron chi connectivity index (χ3n) is 2.34. The highest BCUT2D eigenvalue weighted by Crippen LogP contribution is 2.30. The third kappa shape index (κ3) is 2.85. The van der Waals surface area contributed by atoms with E-state index in [4.69, 9.17) is 10.5 Å². The molecule has 5 nitrogen and oxygen atoms in total. The standard InChI is InChI=1S/C8H11F3N4OS/c9-8(10,11)6-13-7(17-14-6)15-1-2-16-5(3-12)4-15/h5H,1-4,12H2. The second kappa shape index (κ2) is 4.75. The summed E-state index contributed by atoms with van der Waals surface area (Å²) in [5.74, 6) is -1.09. The van der Waals surface area contributed by atoms with Crippen molar-refractivity contribution in [3.05, 3.63) is 5.82 Å². The fraction of sp³-hybridized carbons (Fsp3) is 0.750. The Morgan fingerprint density at radius 1 is 1.53 bits per heavy atom. The van der Waals surface area contributed by atoms with Crippen LogP contribution in [0.5, 0.6) is 0 Å². The van der Waals surface area contributed by atoms with Crippen LogP contribution in [0.3, 0.4) is 0 Å². The lowest BCUT2D eigenvalue weighted by molar-refractivity contribution is -0.144. The topological polar surface area (TPSA) is 64.3 Å². The maximum absolute atomic E-state index is 12.3. The van der Waals surface area contributed by atoms with Gasteiger partial charge in [0.2, 0.25) is 11.0 Å². The van der Waals surface area contributed by atoms with Gasteiger partial charge in [0.25, 0.3) is 0 Å². The summed E-state index contributed by atoms with van der Waals surface area (Å²) >= 11 is 0.744. The molecule has 1 atom stereocenters. The van der Waals surface area contributed by atoms with Gasteiger partial charge in [-0.1, -0.05) is 0 Å². The van der Waals surface area contributed by atoms with E-state index in [-0.39, 0.29) is 11.2 Å². The molecule has 2 heterocycles. The van der Waals surface area contributed by atoms with Gasteiger partial charge in [0.05, 0.1) is 12.7 Å². The van der Waals surface area contributed by atoms with Crippen LogP contribution in [-0.4, -0.2) is 41.7 Å². The summed E-state index contributed by atoms with van der Waals surface area (Å²) in [4.78, 5) is 5.20. The molecule has 1 fully saturated rings. The lowest BCUT2D eigenvalue weighted by atomic mass is 10.3. The van der Waals surface area contributed by atoms with Crippen LogP contribution in [-0.2, 0) is 10.9 Å². The van der Waals surface area contributed by atoms with E-state index in [1.54, 1.807) is 4.90 Å². The molecule has 1 aliphatic heterocycles. The quantitative estimate of drug-likeness (QED) is 0.856. The smallest absolute Gasteiger partial charge is 0.373 e. The highest BCUT2D eigenvalue weighted by Gasteiger charge is 2.37. The van der Waals surface area contributed by atoms with E-state index < -0.39 is 12.0 Å². The van der Waals surface area contributed by atoms with Crippen molar-refractivity contribution in [3.8, 4) is 0 Å². The van der Waals surface area contributed by atoms with Gasteiger partial charge in [-0.2, -0.15) is 22.5 Å². The second-order valence-corrected chi connectivity index (χ2v) is 4.30. The summed E-state index contributed by atoms with van der Waals surface area (Å²) in [6.07, 6.45) is -4.66. The maximum atomic E-state index is 12.3. The molecule has 1 unspecified atom stereocenters. The van der Waals surface area contributed by atoms with Gasteiger partial charge < -0.3 is 15.4 Å². The molecule has 1 aromatic rings. The number of hydrogen-bond donors (Lipinski definition) is 1. The Bertz CT molecular complexity index is 383. The van der Waals surface area contributed by atoms with Crippen LogP contribution in [0.15, 0.2) is 0 Å². The number of nitrogens with two attached hydrogens (primary N) is 1. The van der Waals surface area contributed by atoms with Crippen molar-refractivity contribution in [1.82, 2.24) is 9.36 Å². The highest BCUT2D eigenvalue weighted by molar-refractivity contribution is 7.09. The molecule has 0 spiro atoms. The minimum atomic E-state index is -4.49. The zero-order valence-corrected chi connectivity index (χ0v) is 9.59. The van der Waals surface area contributed by atoms with Crippen LogP contribution in [0, 0.1) is 0 Å². The normalized spacial score (nSPS) is 21.9. The molecule has 0 aliphatic carbocycles. The van der Waals surface area contributed by atoms with E-state index in [0.29, 0.717) is 26.2 Å². The molecular formula is C8H11F3N4OS. The van der Waals surface area contributed by atoms with E-state index in [1.165, 1.54) is 0 Å². The largest absolute Gasteiger partial charge is 0.452 e. The number of aromatic nitrogens is 2. The zero-order chi connectivity index (χ0) is 12.5. The zero-order valence-electron chi connectivity index (χ0n) is 8.78. The Morgan fingerprint density at radius 3 is 2.88 bits per heavy atom. The number of halogens is 3. The number of rotatable bonds is 2. The van der Waals surface area contributed by atoms with E-state index in [0.717, 1.165) is 11.5 Å². The van der Waals surface area contributed by atoms with Crippen molar-refractivity contribution in [3.63, 3.8) is 0 Å². The van der Waals surface area contributed by atoms with Gasteiger partial charge in [-0.25, -0.2) is 0 Å². The number of ether oxygens (including phenoxy) is 1. The molecular weight excluding hydrogens is 257 g/mol.